The van der Waals surface area contributed by atoms with Crippen molar-refractivity contribution in [3.05, 3.63) is 29.8 Å². The maximum Gasteiger partial charge on any atom is 0.318 e. The number of urea groups is 1. The van der Waals surface area contributed by atoms with Crippen LogP contribution in [0.2, 0.25) is 0 Å². The van der Waals surface area contributed by atoms with E-state index in [2.05, 4.69) is 15.5 Å². The van der Waals surface area contributed by atoms with E-state index in [0.717, 1.165) is 23.0 Å². The number of aryl methyl sites for hydroxylation is 1. The van der Waals surface area contributed by atoms with Gasteiger partial charge in [-0.2, -0.15) is 4.68 Å². The molecule has 9 heteroatoms. The van der Waals surface area contributed by atoms with Crippen molar-refractivity contribution in [2.45, 2.75) is 12.1 Å². The molecule has 0 saturated heterocycles. The number of carbonyl (C=O) groups excluding carboxylic acids is 2. The van der Waals surface area contributed by atoms with Gasteiger partial charge in [-0.3, -0.25) is 10.1 Å². The fourth-order valence-corrected chi connectivity index (χ4v) is 2.21. The van der Waals surface area contributed by atoms with Crippen LogP contribution < -0.4 is 11.1 Å². The quantitative estimate of drug-likeness (QED) is 0.781. The zero-order valence-corrected chi connectivity index (χ0v) is 11.4. The largest absolute Gasteiger partial charge is 0.351 e. The lowest BCUT2D eigenvalue weighted by Crippen LogP contribution is -2.36. The minimum Gasteiger partial charge on any atom is -0.351 e. The monoisotopic (exact) mass is 292 g/mol. The molecule has 1 aromatic carbocycles. The van der Waals surface area contributed by atoms with Crippen LogP contribution in [-0.4, -0.2) is 37.9 Å². The van der Waals surface area contributed by atoms with E-state index in [9.17, 15) is 9.59 Å². The SMILES string of the molecule is Cc1ccccc1-n1nnnc1SCC(=O)NC(N)=O. The Bertz CT molecular complexity index is 641. The van der Waals surface area contributed by atoms with Gasteiger partial charge in [0.25, 0.3) is 0 Å². The van der Waals surface area contributed by atoms with Crippen LogP contribution in [0.15, 0.2) is 29.4 Å². The van der Waals surface area contributed by atoms with Crippen molar-refractivity contribution in [2.75, 3.05) is 5.75 Å². The Morgan fingerprint density at radius 2 is 2.15 bits per heavy atom. The minimum atomic E-state index is -0.880. The number of nitrogens with one attached hydrogen (secondary N) is 1. The second-order valence-corrected chi connectivity index (χ2v) is 4.80. The first-order chi connectivity index (χ1) is 9.58. The normalized spacial score (nSPS) is 10.2. The molecule has 0 spiro atoms. The van der Waals surface area contributed by atoms with E-state index in [-0.39, 0.29) is 5.75 Å². The highest BCUT2D eigenvalue weighted by molar-refractivity contribution is 7.99. The van der Waals surface area contributed by atoms with Crippen molar-refractivity contribution < 1.29 is 9.59 Å². The molecule has 104 valence electrons. The van der Waals surface area contributed by atoms with Crippen LogP contribution in [0.25, 0.3) is 5.69 Å². The molecule has 20 heavy (non-hydrogen) atoms. The van der Waals surface area contributed by atoms with Crippen LogP contribution in [0.3, 0.4) is 0 Å². The molecular formula is C11H12N6O2S. The molecule has 0 aliphatic heterocycles. The average Bonchev–Trinajstić information content (AvgIpc) is 2.84. The van der Waals surface area contributed by atoms with Crippen molar-refractivity contribution in [2.24, 2.45) is 5.73 Å². The van der Waals surface area contributed by atoms with Crippen molar-refractivity contribution in [3.63, 3.8) is 0 Å². The summed E-state index contributed by atoms with van der Waals surface area (Å²) >= 11 is 1.11. The number of carbonyl (C=O) groups is 2. The third kappa shape index (κ3) is 3.32. The van der Waals surface area contributed by atoms with Crippen LogP contribution in [0.1, 0.15) is 5.56 Å². The van der Waals surface area contributed by atoms with E-state index >= 15 is 0 Å². The number of rotatable bonds is 4. The highest BCUT2D eigenvalue weighted by atomic mass is 32.2. The summed E-state index contributed by atoms with van der Waals surface area (Å²) < 4.78 is 1.54. The Morgan fingerprint density at radius 1 is 1.40 bits per heavy atom. The number of amides is 3. The molecule has 0 aliphatic rings. The van der Waals surface area contributed by atoms with Crippen molar-refractivity contribution in [1.82, 2.24) is 25.5 Å². The molecule has 0 aliphatic carbocycles. The molecule has 1 aromatic heterocycles. The van der Waals surface area contributed by atoms with Gasteiger partial charge in [0.05, 0.1) is 11.4 Å². The standard InChI is InChI=1S/C11H12N6O2S/c1-7-4-2-3-5-8(7)17-11(14-15-16-17)20-6-9(18)13-10(12)19/h2-5H,6H2,1H3,(H3,12,13,18,19). The molecule has 0 fully saturated rings. The smallest absolute Gasteiger partial charge is 0.318 e. The molecule has 1 heterocycles. The fraction of sp³-hybridized carbons (Fsp3) is 0.182. The van der Waals surface area contributed by atoms with Gasteiger partial charge in [-0.15, -0.1) is 5.10 Å². The Balaban J connectivity index is 2.12. The number of tetrazole rings is 1. The summed E-state index contributed by atoms with van der Waals surface area (Å²) in [7, 11) is 0. The maximum atomic E-state index is 11.4. The summed E-state index contributed by atoms with van der Waals surface area (Å²) in [4.78, 5) is 21.9. The molecular weight excluding hydrogens is 280 g/mol. The molecule has 0 bridgehead atoms. The minimum absolute atomic E-state index is 0.00477. The van der Waals surface area contributed by atoms with E-state index < -0.39 is 11.9 Å². The topological polar surface area (TPSA) is 116 Å². The van der Waals surface area contributed by atoms with Gasteiger partial charge in [-0.05, 0) is 29.0 Å². The molecule has 0 radical (unpaired) electrons. The number of para-hydroxylation sites is 1. The Kier molecular flexibility index (Phi) is 4.31. The number of nitrogens with zero attached hydrogens (tertiary/aromatic N) is 4. The first-order valence-corrected chi connectivity index (χ1v) is 6.63. The second kappa shape index (κ2) is 6.15. The van der Waals surface area contributed by atoms with Crippen molar-refractivity contribution in [3.8, 4) is 5.69 Å². The Labute approximate surface area is 118 Å². The molecule has 2 aromatic rings. The van der Waals surface area contributed by atoms with Gasteiger partial charge in [0.2, 0.25) is 11.1 Å². The predicted octanol–water partition coefficient (Wildman–Crippen LogP) is 0.258. The van der Waals surface area contributed by atoms with Gasteiger partial charge in [-0.1, -0.05) is 30.0 Å². The second-order valence-electron chi connectivity index (χ2n) is 3.86. The van der Waals surface area contributed by atoms with Crippen LogP contribution in [0.5, 0.6) is 0 Å². The number of imide groups is 1. The number of primary amides is 1. The highest BCUT2D eigenvalue weighted by Crippen LogP contribution is 2.19. The maximum absolute atomic E-state index is 11.4. The van der Waals surface area contributed by atoms with Gasteiger partial charge < -0.3 is 5.73 Å². The lowest BCUT2D eigenvalue weighted by Gasteiger charge is -2.06. The van der Waals surface area contributed by atoms with E-state index in [1.165, 1.54) is 4.68 Å². The lowest BCUT2D eigenvalue weighted by atomic mass is 10.2. The van der Waals surface area contributed by atoms with E-state index in [1.54, 1.807) is 0 Å². The zero-order valence-electron chi connectivity index (χ0n) is 10.6. The fourth-order valence-electron chi connectivity index (χ4n) is 1.52. The molecule has 0 saturated carbocycles. The van der Waals surface area contributed by atoms with Gasteiger partial charge in [0, 0.05) is 0 Å². The average molecular weight is 292 g/mol. The molecule has 0 unspecified atom stereocenters. The number of benzene rings is 1. The van der Waals surface area contributed by atoms with Crippen molar-refractivity contribution >= 4 is 23.7 Å². The number of hydrogen-bond acceptors (Lipinski definition) is 6. The number of thioether (sulfide) groups is 1. The van der Waals surface area contributed by atoms with Gasteiger partial charge in [0.15, 0.2) is 0 Å². The summed E-state index contributed by atoms with van der Waals surface area (Å²) in [6.07, 6.45) is 0. The van der Waals surface area contributed by atoms with Gasteiger partial charge in [-0.25, -0.2) is 4.79 Å². The molecule has 3 amide bonds. The summed E-state index contributed by atoms with van der Waals surface area (Å²) in [5.74, 6) is -0.503. The third-order valence-corrected chi connectivity index (χ3v) is 3.30. The van der Waals surface area contributed by atoms with Crippen LogP contribution >= 0.6 is 11.8 Å². The zero-order chi connectivity index (χ0) is 14.5. The molecule has 3 N–H and O–H groups in total. The van der Waals surface area contributed by atoms with E-state index in [4.69, 9.17) is 5.73 Å². The first kappa shape index (κ1) is 14.0. The summed E-state index contributed by atoms with van der Waals surface area (Å²) in [6.45, 7) is 1.94. The highest BCUT2D eigenvalue weighted by Gasteiger charge is 2.13. The van der Waals surface area contributed by atoms with E-state index in [1.807, 2.05) is 36.5 Å². The number of nitrogens with two attached hydrogens (primary N) is 1. The van der Waals surface area contributed by atoms with Gasteiger partial charge >= 0.3 is 6.03 Å². The van der Waals surface area contributed by atoms with Crippen LogP contribution in [0, 0.1) is 6.92 Å². The Morgan fingerprint density at radius 3 is 2.85 bits per heavy atom. The summed E-state index contributed by atoms with van der Waals surface area (Å²) in [5.41, 5.74) is 6.69. The number of aromatic nitrogens is 4. The third-order valence-electron chi connectivity index (χ3n) is 2.38. The first-order valence-electron chi connectivity index (χ1n) is 5.64. The van der Waals surface area contributed by atoms with Crippen LogP contribution in [0.4, 0.5) is 4.79 Å². The van der Waals surface area contributed by atoms with Crippen molar-refractivity contribution in [1.29, 1.82) is 0 Å². The lowest BCUT2D eigenvalue weighted by molar-refractivity contribution is -0.117. The molecule has 0 atom stereocenters. The van der Waals surface area contributed by atoms with Crippen LogP contribution in [-0.2, 0) is 4.79 Å². The Hall–Kier alpha value is -2.42. The number of hydrogen-bond donors (Lipinski definition) is 2. The van der Waals surface area contributed by atoms with Gasteiger partial charge in [0.1, 0.15) is 0 Å². The van der Waals surface area contributed by atoms with E-state index in [0.29, 0.717) is 5.16 Å². The summed E-state index contributed by atoms with van der Waals surface area (Å²) in [6, 6.07) is 6.72. The molecule has 8 nitrogen and oxygen atoms in total. The predicted molar refractivity (Wildman–Crippen MR) is 72.3 cm³/mol. The summed E-state index contributed by atoms with van der Waals surface area (Å²) in [5, 5.41) is 13.8. The molecule has 2 rings (SSSR count).